The second-order valence-electron chi connectivity index (χ2n) is 5.03. The van der Waals surface area contributed by atoms with Crippen LogP contribution in [-0.4, -0.2) is 17.9 Å². The first-order chi connectivity index (χ1) is 10.1. The zero-order valence-corrected chi connectivity index (χ0v) is 13.6. The van der Waals surface area contributed by atoms with E-state index in [1.165, 1.54) is 0 Å². The van der Waals surface area contributed by atoms with Crippen LogP contribution in [0, 0.1) is 0 Å². The fourth-order valence-electron chi connectivity index (χ4n) is 2.22. The first kappa shape index (κ1) is 15.7. The molecule has 110 valence electrons. The van der Waals surface area contributed by atoms with Crippen LogP contribution in [0.2, 0.25) is 0 Å². The Morgan fingerprint density at radius 2 is 1.86 bits per heavy atom. The molecule has 0 saturated heterocycles. The van der Waals surface area contributed by atoms with Crippen molar-refractivity contribution in [3.05, 3.63) is 69.7 Å². The summed E-state index contributed by atoms with van der Waals surface area (Å²) in [7, 11) is 1.83. The quantitative estimate of drug-likeness (QED) is 0.903. The van der Waals surface area contributed by atoms with Gasteiger partial charge in [0.2, 0.25) is 5.91 Å². The van der Waals surface area contributed by atoms with Crippen LogP contribution >= 0.6 is 15.9 Å². The topological polar surface area (TPSA) is 46.3 Å². The molecule has 0 bridgehead atoms. The number of carbonyl (C=O) groups is 1. The number of benzene rings is 2. The standard InChI is InChI=1S/C17H19BrN2O/c1-20(12-13-5-4-8-16(18)9-13)17(21)10-14-6-2-3-7-15(14)11-19/h2-9H,10-12,19H2,1H3. The van der Waals surface area contributed by atoms with Crippen LogP contribution in [0.15, 0.2) is 53.0 Å². The van der Waals surface area contributed by atoms with Crippen molar-refractivity contribution in [1.82, 2.24) is 4.90 Å². The lowest BCUT2D eigenvalue weighted by molar-refractivity contribution is -0.129. The van der Waals surface area contributed by atoms with E-state index in [0.717, 1.165) is 21.2 Å². The summed E-state index contributed by atoms with van der Waals surface area (Å²) in [6.07, 6.45) is 0.387. The summed E-state index contributed by atoms with van der Waals surface area (Å²) in [5.74, 6) is 0.0934. The molecule has 0 aliphatic rings. The largest absolute Gasteiger partial charge is 0.341 e. The maximum absolute atomic E-state index is 12.3. The van der Waals surface area contributed by atoms with Crippen molar-refractivity contribution < 1.29 is 4.79 Å². The van der Waals surface area contributed by atoms with Gasteiger partial charge < -0.3 is 10.6 Å². The summed E-state index contributed by atoms with van der Waals surface area (Å²) in [6, 6.07) is 15.8. The Morgan fingerprint density at radius 1 is 1.14 bits per heavy atom. The highest BCUT2D eigenvalue weighted by Gasteiger charge is 2.12. The van der Waals surface area contributed by atoms with Gasteiger partial charge in [0.1, 0.15) is 0 Å². The van der Waals surface area contributed by atoms with Crippen LogP contribution in [0.1, 0.15) is 16.7 Å². The van der Waals surface area contributed by atoms with Gasteiger partial charge in [-0.15, -0.1) is 0 Å². The fraction of sp³-hybridized carbons (Fsp3) is 0.235. The van der Waals surface area contributed by atoms with Crippen LogP contribution < -0.4 is 5.73 Å². The number of hydrogen-bond donors (Lipinski definition) is 1. The molecule has 0 fully saturated rings. The molecule has 0 spiro atoms. The van der Waals surface area contributed by atoms with E-state index in [2.05, 4.69) is 15.9 Å². The molecule has 4 heteroatoms. The predicted octanol–water partition coefficient (Wildman–Crippen LogP) is 3.11. The van der Waals surface area contributed by atoms with Crippen molar-refractivity contribution in [2.24, 2.45) is 5.73 Å². The van der Waals surface area contributed by atoms with Crippen LogP contribution in [0.3, 0.4) is 0 Å². The average molecular weight is 347 g/mol. The molecule has 0 atom stereocenters. The lowest BCUT2D eigenvalue weighted by atomic mass is 10.0. The summed E-state index contributed by atoms with van der Waals surface area (Å²) >= 11 is 3.44. The van der Waals surface area contributed by atoms with E-state index >= 15 is 0 Å². The second kappa shape index (κ2) is 7.38. The minimum Gasteiger partial charge on any atom is -0.341 e. The predicted molar refractivity (Wildman–Crippen MR) is 88.7 cm³/mol. The van der Waals surface area contributed by atoms with Gasteiger partial charge in [-0.3, -0.25) is 4.79 Å². The molecule has 0 radical (unpaired) electrons. The Bertz CT molecular complexity index is 628. The number of likely N-dealkylation sites (N-methyl/N-ethyl adjacent to an activating group) is 1. The molecule has 2 aromatic rings. The number of amides is 1. The lowest BCUT2D eigenvalue weighted by Gasteiger charge is -2.18. The molecule has 1 amide bonds. The maximum Gasteiger partial charge on any atom is 0.227 e. The highest BCUT2D eigenvalue weighted by molar-refractivity contribution is 9.10. The fourth-order valence-corrected chi connectivity index (χ4v) is 2.67. The molecule has 0 aromatic heterocycles. The third kappa shape index (κ3) is 4.41. The number of carbonyl (C=O) groups excluding carboxylic acids is 1. The highest BCUT2D eigenvalue weighted by Crippen LogP contribution is 2.14. The SMILES string of the molecule is CN(Cc1cccc(Br)c1)C(=O)Cc1ccccc1CN. The second-order valence-corrected chi connectivity index (χ2v) is 5.95. The van der Waals surface area contributed by atoms with Gasteiger partial charge >= 0.3 is 0 Å². The molecule has 3 nitrogen and oxygen atoms in total. The van der Waals surface area contributed by atoms with Gasteiger partial charge in [0, 0.05) is 24.6 Å². The molecule has 0 saturated carbocycles. The smallest absolute Gasteiger partial charge is 0.227 e. The number of rotatable bonds is 5. The van der Waals surface area contributed by atoms with Crippen LogP contribution in [-0.2, 0) is 24.3 Å². The third-order valence-corrected chi connectivity index (χ3v) is 3.91. The van der Waals surface area contributed by atoms with Crippen molar-refractivity contribution in [2.75, 3.05) is 7.05 Å². The molecule has 0 heterocycles. The molecule has 2 rings (SSSR count). The molecular formula is C17H19BrN2O. The minimum absolute atomic E-state index is 0.0934. The van der Waals surface area contributed by atoms with E-state index < -0.39 is 0 Å². The van der Waals surface area contributed by atoms with Crippen LogP contribution in [0.25, 0.3) is 0 Å². The Kier molecular flexibility index (Phi) is 5.53. The van der Waals surface area contributed by atoms with E-state index in [4.69, 9.17) is 5.73 Å². The van der Waals surface area contributed by atoms with E-state index in [9.17, 15) is 4.79 Å². The summed E-state index contributed by atoms with van der Waals surface area (Å²) in [6.45, 7) is 1.06. The van der Waals surface area contributed by atoms with Crippen molar-refractivity contribution in [3.8, 4) is 0 Å². The van der Waals surface area contributed by atoms with Crippen molar-refractivity contribution in [3.63, 3.8) is 0 Å². The number of halogens is 1. The molecule has 2 aromatic carbocycles. The van der Waals surface area contributed by atoms with E-state index in [-0.39, 0.29) is 5.91 Å². The van der Waals surface area contributed by atoms with Gasteiger partial charge in [-0.2, -0.15) is 0 Å². The van der Waals surface area contributed by atoms with Gasteiger partial charge in [0.05, 0.1) is 6.42 Å². The van der Waals surface area contributed by atoms with Gasteiger partial charge in [0.25, 0.3) is 0 Å². The maximum atomic E-state index is 12.3. The number of nitrogens with zero attached hydrogens (tertiary/aromatic N) is 1. The monoisotopic (exact) mass is 346 g/mol. The molecule has 21 heavy (non-hydrogen) atoms. The molecule has 0 unspecified atom stereocenters. The lowest BCUT2D eigenvalue weighted by Crippen LogP contribution is -2.28. The van der Waals surface area contributed by atoms with E-state index in [0.29, 0.717) is 19.5 Å². The Hall–Kier alpha value is -1.65. The van der Waals surface area contributed by atoms with E-state index in [1.807, 2.05) is 55.6 Å². The van der Waals surface area contributed by atoms with Crippen molar-refractivity contribution >= 4 is 21.8 Å². The molecular weight excluding hydrogens is 328 g/mol. The summed E-state index contributed by atoms with van der Waals surface area (Å²) in [4.78, 5) is 14.1. The Morgan fingerprint density at radius 3 is 2.52 bits per heavy atom. The summed E-state index contributed by atoms with van der Waals surface area (Å²) < 4.78 is 1.02. The average Bonchev–Trinajstić information content (AvgIpc) is 2.47. The van der Waals surface area contributed by atoms with Gasteiger partial charge in [-0.05, 0) is 28.8 Å². The normalized spacial score (nSPS) is 10.4. The zero-order chi connectivity index (χ0) is 15.2. The van der Waals surface area contributed by atoms with Gasteiger partial charge in [-0.25, -0.2) is 0 Å². The van der Waals surface area contributed by atoms with Crippen LogP contribution in [0.5, 0.6) is 0 Å². The van der Waals surface area contributed by atoms with Crippen LogP contribution in [0.4, 0.5) is 0 Å². The number of nitrogens with two attached hydrogens (primary N) is 1. The highest BCUT2D eigenvalue weighted by atomic mass is 79.9. The Balaban J connectivity index is 2.02. The first-order valence-corrected chi connectivity index (χ1v) is 7.64. The Labute approximate surface area is 133 Å². The van der Waals surface area contributed by atoms with Gasteiger partial charge in [0.15, 0.2) is 0 Å². The molecule has 0 aliphatic carbocycles. The summed E-state index contributed by atoms with van der Waals surface area (Å²) in [5, 5.41) is 0. The number of hydrogen-bond acceptors (Lipinski definition) is 2. The minimum atomic E-state index is 0.0934. The molecule has 0 aliphatic heterocycles. The van der Waals surface area contributed by atoms with E-state index in [1.54, 1.807) is 4.90 Å². The van der Waals surface area contributed by atoms with Crippen molar-refractivity contribution in [1.29, 1.82) is 0 Å². The first-order valence-electron chi connectivity index (χ1n) is 6.85. The molecule has 2 N–H and O–H groups in total. The zero-order valence-electron chi connectivity index (χ0n) is 12.1. The van der Waals surface area contributed by atoms with Crippen molar-refractivity contribution in [2.45, 2.75) is 19.5 Å². The van der Waals surface area contributed by atoms with Gasteiger partial charge in [-0.1, -0.05) is 52.3 Å². The summed E-state index contributed by atoms with van der Waals surface area (Å²) in [5.41, 5.74) is 8.85. The third-order valence-electron chi connectivity index (χ3n) is 3.41.